The van der Waals surface area contributed by atoms with Crippen LogP contribution < -0.4 is 14.8 Å². The first-order chi connectivity index (χ1) is 12.7. The van der Waals surface area contributed by atoms with Crippen molar-refractivity contribution in [2.45, 2.75) is 51.7 Å². The molecule has 1 aromatic rings. The smallest absolute Gasteiger partial charge is 0.330 e. The quantitative estimate of drug-likeness (QED) is 0.684. The number of hydrogen-bond donors (Lipinski definition) is 2. The molecule has 0 heterocycles. The number of carbonyl (C=O) groups is 2. The summed E-state index contributed by atoms with van der Waals surface area (Å²) in [6.45, 7) is 6.02. The van der Waals surface area contributed by atoms with Gasteiger partial charge in [-0.1, -0.05) is 19.9 Å². The largest absolute Gasteiger partial charge is 0.493 e. The van der Waals surface area contributed by atoms with Gasteiger partial charge in [0.1, 0.15) is 5.54 Å². The number of rotatable bonds is 9. The zero-order valence-corrected chi connectivity index (χ0v) is 16.6. The molecule has 2 rings (SSSR count). The van der Waals surface area contributed by atoms with E-state index in [0.29, 0.717) is 24.5 Å². The molecule has 27 heavy (non-hydrogen) atoms. The Hall–Kier alpha value is -2.28. The van der Waals surface area contributed by atoms with Crippen LogP contribution in [0.2, 0.25) is 0 Å². The summed E-state index contributed by atoms with van der Waals surface area (Å²) in [6.07, 6.45) is 0.729. The minimum atomic E-state index is -1.30. The molecule has 1 saturated carbocycles. The Labute approximate surface area is 160 Å². The summed E-state index contributed by atoms with van der Waals surface area (Å²) in [5.41, 5.74) is -1.08. The maximum Gasteiger partial charge on any atom is 0.330 e. The van der Waals surface area contributed by atoms with Crippen LogP contribution in [0.5, 0.6) is 11.5 Å². The Morgan fingerprint density at radius 2 is 1.89 bits per heavy atom. The number of benzene rings is 1. The second kappa shape index (κ2) is 8.17. The molecule has 0 aromatic heterocycles. The van der Waals surface area contributed by atoms with Gasteiger partial charge in [-0.25, -0.2) is 4.79 Å². The van der Waals surface area contributed by atoms with Gasteiger partial charge in [-0.15, -0.1) is 0 Å². The normalized spacial score (nSPS) is 23.2. The molecule has 0 radical (unpaired) electrons. The van der Waals surface area contributed by atoms with E-state index >= 15 is 0 Å². The molecule has 150 valence electrons. The van der Waals surface area contributed by atoms with Crippen molar-refractivity contribution in [3.05, 3.63) is 23.8 Å². The van der Waals surface area contributed by atoms with Gasteiger partial charge in [0.15, 0.2) is 11.5 Å². The van der Waals surface area contributed by atoms with Gasteiger partial charge in [-0.2, -0.15) is 0 Å². The van der Waals surface area contributed by atoms with Crippen LogP contribution in [-0.2, 0) is 20.7 Å². The molecule has 2 unspecified atom stereocenters. The minimum absolute atomic E-state index is 0.180. The van der Waals surface area contributed by atoms with E-state index in [1.54, 1.807) is 20.3 Å². The van der Waals surface area contributed by atoms with Crippen LogP contribution in [-0.4, -0.2) is 49.5 Å². The highest BCUT2D eigenvalue weighted by atomic mass is 16.5. The Bertz CT molecular complexity index is 702. The van der Waals surface area contributed by atoms with Crippen molar-refractivity contribution in [3.8, 4) is 11.5 Å². The molecule has 7 heteroatoms. The van der Waals surface area contributed by atoms with Gasteiger partial charge in [-0.05, 0) is 31.0 Å². The summed E-state index contributed by atoms with van der Waals surface area (Å²) in [5.74, 6) is -0.107. The van der Waals surface area contributed by atoms with Crippen LogP contribution in [0.1, 0.15) is 39.2 Å². The van der Waals surface area contributed by atoms with E-state index < -0.39 is 16.9 Å². The summed E-state index contributed by atoms with van der Waals surface area (Å²) < 4.78 is 16.1. The van der Waals surface area contributed by atoms with Gasteiger partial charge in [0.05, 0.1) is 20.3 Å². The Morgan fingerprint density at radius 3 is 2.41 bits per heavy atom. The fraction of sp³-hybridized carbons (Fsp3) is 0.600. The lowest BCUT2D eigenvalue weighted by Gasteiger charge is -2.58. The third kappa shape index (κ3) is 3.88. The standard InChI is InChI=1S/C20H29NO6/c1-6-27-16-12-20(18(23)24,19(16,2)3)21-17(22)10-8-13-7-9-14(25-4)15(11-13)26-5/h7,9,11,16H,6,8,10,12H2,1-5H3,(H,21,22)(H,23,24). The van der Waals surface area contributed by atoms with Gasteiger partial charge < -0.3 is 24.6 Å². The topological polar surface area (TPSA) is 94.1 Å². The van der Waals surface area contributed by atoms with Gasteiger partial charge >= 0.3 is 5.97 Å². The zero-order chi connectivity index (χ0) is 20.2. The number of carboxylic acid groups (broad SMARTS) is 1. The van der Waals surface area contributed by atoms with E-state index in [9.17, 15) is 14.7 Å². The average Bonchev–Trinajstić information content (AvgIpc) is 2.64. The highest BCUT2D eigenvalue weighted by Gasteiger charge is 2.66. The summed E-state index contributed by atoms with van der Waals surface area (Å²) in [5, 5.41) is 12.5. The lowest BCUT2D eigenvalue weighted by Crippen LogP contribution is -2.76. The first-order valence-electron chi connectivity index (χ1n) is 9.08. The van der Waals surface area contributed by atoms with E-state index in [4.69, 9.17) is 14.2 Å². The molecule has 1 aromatic carbocycles. The van der Waals surface area contributed by atoms with Gasteiger partial charge in [-0.3, -0.25) is 4.79 Å². The van der Waals surface area contributed by atoms with E-state index in [2.05, 4.69) is 5.32 Å². The van der Waals surface area contributed by atoms with E-state index in [1.807, 2.05) is 32.9 Å². The monoisotopic (exact) mass is 379 g/mol. The lowest BCUT2D eigenvalue weighted by atomic mass is 9.54. The molecular weight excluding hydrogens is 350 g/mol. The first-order valence-corrected chi connectivity index (χ1v) is 9.08. The van der Waals surface area contributed by atoms with Crippen molar-refractivity contribution in [1.29, 1.82) is 0 Å². The number of ether oxygens (including phenoxy) is 3. The maximum absolute atomic E-state index is 12.5. The Kier molecular flexibility index (Phi) is 6.36. The van der Waals surface area contributed by atoms with Crippen LogP contribution in [0.25, 0.3) is 0 Å². The maximum atomic E-state index is 12.5. The van der Waals surface area contributed by atoms with Gasteiger partial charge in [0.25, 0.3) is 0 Å². The molecule has 0 aliphatic heterocycles. The second-order valence-electron chi connectivity index (χ2n) is 7.32. The van der Waals surface area contributed by atoms with E-state index in [0.717, 1.165) is 5.56 Å². The van der Waals surface area contributed by atoms with Crippen molar-refractivity contribution in [2.75, 3.05) is 20.8 Å². The minimum Gasteiger partial charge on any atom is -0.493 e. The highest BCUT2D eigenvalue weighted by Crippen LogP contribution is 2.51. The lowest BCUT2D eigenvalue weighted by molar-refractivity contribution is -0.194. The highest BCUT2D eigenvalue weighted by molar-refractivity contribution is 5.89. The molecule has 2 N–H and O–H groups in total. The summed E-state index contributed by atoms with van der Waals surface area (Å²) in [6, 6.07) is 5.46. The summed E-state index contributed by atoms with van der Waals surface area (Å²) in [4.78, 5) is 24.4. The van der Waals surface area contributed by atoms with Crippen LogP contribution in [0.15, 0.2) is 18.2 Å². The molecule has 0 spiro atoms. The van der Waals surface area contributed by atoms with Crippen molar-refractivity contribution >= 4 is 11.9 Å². The zero-order valence-electron chi connectivity index (χ0n) is 16.6. The molecule has 1 aliphatic rings. The molecule has 1 amide bonds. The van der Waals surface area contributed by atoms with Crippen LogP contribution in [0, 0.1) is 5.41 Å². The number of hydrogen-bond acceptors (Lipinski definition) is 5. The van der Waals surface area contributed by atoms with Crippen LogP contribution in [0.3, 0.4) is 0 Å². The average molecular weight is 379 g/mol. The van der Waals surface area contributed by atoms with E-state index in [1.165, 1.54) is 0 Å². The van der Waals surface area contributed by atoms with Crippen molar-refractivity contribution in [3.63, 3.8) is 0 Å². The fourth-order valence-electron chi connectivity index (χ4n) is 3.63. The molecule has 1 fully saturated rings. The number of aryl methyl sites for hydroxylation is 1. The van der Waals surface area contributed by atoms with E-state index in [-0.39, 0.29) is 24.9 Å². The Morgan fingerprint density at radius 1 is 1.22 bits per heavy atom. The number of aliphatic carboxylic acids is 1. The summed E-state index contributed by atoms with van der Waals surface area (Å²) in [7, 11) is 3.12. The van der Waals surface area contributed by atoms with Crippen molar-refractivity contribution < 1.29 is 28.9 Å². The first kappa shape index (κ1) is 21.0. The Balaban J connectivity index is 2.03. The molecule has 0 saturated heterocycles. The SMILES string of the molecule is CCOC1CC(NC(=O)CCc2ccc(OC)c(OC)c2)(C(=O)O)C1(C)C. The van der Waals surface area contributed by atoms with Crippen LogP contribution >= 0.6 is 0 Å². The number of methoxy groups -OCH3 is 2. The number of amides is 1. The second-order valence-corrected chi connectivity index (χ2v) is 7.32. The fourth-order valence-corrected chi connectivity index (χ4v) is 3.63. The predicted octanol–water partition coefficient (Wildman–Crippen LogP) is 2.41. The summed E-state index contributed by atoms with van der Waals surface area (Å²) >= 11 is 0. The molecule has 2 atom stereocenters. The van der Waals surface area contributed by atoms with Crippen molar-refractivity contribution in [1.82, 2.24) is 5.32 Å². The molecular formula is C20H29NO6. The number of carboxylic acids is 1. The molecule has 1 aliphatic carbocycles. The van der Waals surface area contributed by atoms with Gasteiger partial charge in [0.2, 0.25) is 5.91 Å². The third-order valence-electron chi connectivity index (χ3n) is 5.57. The molecule has 0 bridgehead atoms. The van der Waals surface area contributed by atoms with Crippen molar-refractivity contribution in [2.24, 2.45) is 5.41 Å². The van der Waals surface area contributed by atoms with Gasteiger partial charge in [0, 0.05) is 24.9 Å². The number of carbonyl (C=O) groups excluding carboxylic acids is 1. The predicted molar refractivity (Wildman–Crippen MR) is 100 cm³/mol. The molecule has 7 nitrogen and oxygen atoms in total. The van der Waals surface area contributed by atoms with Crippen LogP contribution in [0.4, 0.5) is 0 Å². The third-order valence-corrected chi connectivity index (χ3v) is 5.57. The number of nitrogens with one attached hydrogen (secondary N) is 1.